The van der Waals surface area contributed by atoms with Gasteiger partial charge in [-0.1, -0.05) is 39.2 Å². The van der Waals surface area contributed by atoms with Gasteiger partial charge >= 0.3 is 0 Å². The zero-order valence-electron chi connectivity index (χ0n) is 16.3. The van der Waals surface area contributed by atoms with Crippen LogP contribution in [0.2, 0.25) is 0 Å². The van der Waals surface area contributed by atoms with Gasteiger partial charge in [-0.2, -0.15) is 4.31 Å². The summed E-state index contributed by atoms with van der Waals surface area (Å²) in [4.78, 5) is 12.8. The summed E-state index contributed by atoms with van der Waals surface area (Å²) in [6, 6.07) is 4.97. The summed E-state index contributed by atoms with van der Waals surface area (Å²) in [7, 11) is -3.52. The first-order valence-corrected chi connectivity index (χ1v) is 11.2. The second kappa shape index (κ2) is 9.51. The lowest BCUT2D eigenvalue weighted by molar-refractivity contribution is 0.0945. The predicted molar refractivity (Wildman–Crippen MR) is 105 cm³/mol. The van der Waals surface area contributed by atoms with E-state index in [1.54, 1.807) is 19.1 Å². The summed E-state index contributed by atoms with van der Waals surface area (Å²) in [5.74, 6) is 0.273. The van der Waals surface area contributed by atoms with E-state index >= 15 is 0 Å². The van der Waals surface area contributed by atoms with Crippen LogP contribution in [0.4, 0.5) is 0 Å². The Morgan fingerprint density at radius 3 is 2.54 bits per heavy atom. The summed E-state index contributed by atoms with van der Waals surface area (Å²) in [6.07, 6.45) is 6.25. The van der Waals surface area contributed by atoms with Crippen molar-refractivity contribution in [2.45, 2.75) is 64.2 Å². The normalized spacial score (nSPS) is 16.6. The average Bonchev–Trinajstić information content (AvgIpc) is 3.17. The molecule has 0 aromatic heterocycles. The maximum Gasteiger partial charge on any atom is 0.251 e. The first-order chi connectivity index (χ1) is 12.4. The van der Waals surface area contributed by atoms with Gasteiger partial charge in [0.2, 0.25) is 10.0 Å². The highest BCUT2D eigenvalue weighted by Gasteiger charge is 2.29. The largest absolute Gasteiger partial charge is 0.352 e. The van der Waals surface area contributed by atoms with Crippen LogP contribution in [-0.2, 0) is 10.0 Å². The lowest BCUT2D eigenvalue weighted by Crippen LogP contribution is -2.31. The molecule has 2 rings (SSSR count). The summed E-state index contributed by atoms with van der Waals surface area (Å²) in [6.45, 7) is 7.85. The molecule has 0 saturated carbocycles. The Morgan fingerprint density at radius 2 is 1.92 bits per heavy atom. The van der Waals surface area contributed by atoms with Crippen molar-refractivity contribution in [1.82, 2.24) is 9.62 Å². The van der Waals surface area contributed by atoms with Gasteiger partial charge in [0.05, 0.1) is 4.90 Å². The van der Waals surface area contributed by atoms with E-state index in [1.165, 1.54) is 10.4 Å². The molecule has 1 aromatic carbocycles. The second-order valence-corrected chi connectivity index (χ2v) is 9.12. The fourth-order valence-electron chi connectivity index (χ4n) is 3.37. The highest BCUT2D eigenvalue weighted by Crippen LogP contribution is 2.24. The van der Waals surface area contributed by atoms with Crippen LogP contribution in [0.1, 0.15) is 68.3 Å². The first-order valence-electron chi connectivity index (χ1n) is 9.79. The molecule has 26 heavy (non-hydrogen) atoms. The lowest BCUT2D eigenvalue weighted by atomic mass is 9.99. The molecule has 0 radical (unpaired) electrons. The fraction of sp³-hybridized carbons (Fsp3) is 0.650. The quantitative estimate of drug-likeness (QED) is 0.710. The van der Waals surface area contributed by atoms with Gasteiger partial charge in [-0.25, -0.2) is 8.42 Å². The molecule has 0 aliphatic carbocycles. The molecule has 0 spiro atoms. The molecule has 1 aromatic rings. The number of aryl methyl sites for hydroxylation is 1. The Bertz CT molecular complexity index is 710. The number of benzene rings is 1. The van der Waals surface area contributed by atoms with E-state index in [2.05, 4.69) is 19.2 Å². The van der Waals surface area contributed by atoms with Crippen LogP contribution in [-0.4, -0.2) is 38.3 Å². The number of hydrogen-bond acceptors (Lipinski definition) is 3. The van der Waals surface area contributed by atoms with Gasteiger partial charge in [0.1, 0.15) is 0 Å². The van der Waals surface area contributed by atoms with Crippen molar-refractivity contribution in [3.05, 3.63) is 29.3 Å². The number of unbranched alkanes of at least 4 members (excludes halogenated alkanes) is 1. The smallest absolute Gasteiger partial charge is 0.251 e. The number of carbonyl (C=O) groups is 1. The molecule has 5 nitrogen and oxygen atoms in total. The van der Waals surface area contributed by atoms with E-state index < -0.39 is 10.0 Å². The van der Waals surface area contributed by atoms with Crippen LogP contribution in [0.25, 0.3) is 0 Å². The van der Waals surface area contributed by atoms with Crippen LogP contribution in [0.5, 0.6) is 0 Å². The van der Waals surface area contributed by atoms with Crippen LogP contribution in [0.3, 0.4) is 0 Å². The second-order valence-electron chi connectivity index (χ2n) is 7.22. The molecular weight excluding hydrogens is 348 g/mol. The fourth-order valence-corrected chi connectivity index (χ4v) is 5.14. The van der Waals surface area contributed by atoms with E-state index in [1.807, 2.05) is 0 Å². The van der Waals surface area contributed by atoms with Crippen molar-refractivity contribution in [3.63, 3.8) is 0 Å². The lowest BCUT2D eigenvalue weighted by Gasteiger charge is -2.18. The van der Waals surface area contributed by atoms with Crippen LogP contribution in [0, 0.1) is 12.8 Å². The number of carbonyl (C=O) groups excluding carboxylic acids is 1. The molecule has 1 saturated heterocycles. The number of amides is 1. The zero-order chi connectivity index (χ0) is 19.2. The van der Waals surface area contributed by atoms with Gasteiger partial charge in [-0.05, 0) is 49.8 Å². The Hall–Kier alpha value is -1.40. The van der Waals surface area contributed by atoms with Crippen molar-refractivity contribution < 1.29 is 13.2 Å². The molecule has 6 heteroatoms. The maximum absolute atomic E-state index is 12.9. The highest BCUT2D eigenvalue weighted by molar-refractivity contribution is 7.89. The average molecular weight is 381 g/mol. The minimum atomic E-state index is -3.52. The van der Waals surface area contributed by atoms with E-state index in [4.69, 9.17) is 0 Å². The van der Waals surface area contributed by atoms with Crippen LogP contribution >= 0.6 is 0 Å². The minimum Gasteiger partial charge on any atom is -0.352 e. The molecular formula is C20H32N2O3S. The minimum absolute atomic E-state index is 0.196. The number of nitrogens with zero attached hydrogens (tertiary/aromatic N) is 1. The molecule has 1 unspecified atom stereocenters. The number of hydrogen-bond donors (Lipinski definition) is 1. The Morgan fingerprint density at radius 1 is 1.23 bits per heavy atom. The van der Waals surface area contributed by atoms with E-state index in [-0.39, 0.29) is 10.8 Å². The third-order valence-corrected chi connectivity index (χ3v) is 7.27. The molecule has 1 N–H and O–H groups in total. The van der Waals surface area contributed by atoms with Crippen LogP contribution in [0.15, 0.2) is 23.1 Å². The van der Waals surface area contributed by atoms with E-state index in [9.17, 15) is 13.2 Å². The van der Waals surface area contributed by atoms with Gasteiger partial charge in [0, 0.05) is 25.2 Å². The molecule has 1 atom stereocenters. The first kappa shape index (κ1) is 20.9. The topological polar surface area (TPSA) is 66.5 Å². The van der Waals surface area contributed by atoms with Crippen LogP contribution < -0.4 is 5.32 Å². The van der Waals surface area contributed by atoms with E-state index in [0.717, 1.165) is 38.5 Å². The third-order valence-electron chi connectivity index (χ3n) is 5.23. The van der Waals surface area contributed by atoms with Gasteiger partial charge in [-0.3, -0.25) is 4.79 Å². The maximum atomic E-state index is 12.9. The summed E-state index contributed by atoms with van der Waals surface area (Å²) < 4.78 is 27.2. The molecule has 146 valence electrons. The van der Waals surface area contributed by atoms with Gasteiger partial charge < -0.3 is 5.32 Å². The monoisotopic (exact) mass is 380 g/mol. The number of nitrogens with one attached hydrogen (secondary N) is 1. The van der Waals surface area contributed by atoms with Crippen molar-refractivity contribution in [3.8, 4) is 0 Å². The third kappa shape index (κ3) is 5.07. The standard InChI is InChI=1S/C20H32N2O3S/c1-4-6-9-17(5-2)15-21-20(23)18-11-10-16(3)19(14-18)26(24,25)22-12-7-8-13-22/h10-11,14,17H,4-9,12-13,15H2,1-3H3,(H,21,23). The Kier molecular flexibility index (Phi) is 7.65. The molecule has 1 aliphatic rings. The van der Waals surface area contributed by atoms with Crippen molar-refractivity contribution in [2.75, 3.05) is 19.6 Å². The molecule has 1 heterocycles. The Balaban J connectivity index is 2.11. The van der Waals surface area contributed by atoms with Gasteiger partial charge in [-0.15, -0.1) is 0 Å². The number of sulfonamides is 1. The molecule has 1 amide bonds. The summed E-state index contributed by atoms with van der Waals surface area (Å²) >= 11 is 0. The number of rotatable bonds is 9. The van der Waals surface area contributed by atoms with Crippen molar-refractivity contribution in [1.29, 1.82) is 0 Å². The highest BCUT2D eigenvalue weighted by atomic mass is 32.2. The molecule has 1 aliphatic heterocycles. The Labute approximate surface area is 158 Å². The zero-order valence-corrected chi connectivity index (χ0v) is 17.1. The molecule has 1 fully saturated rings. The van der Waals surface area contributed by atoms with Gasteiger partial charge in [0.25, 0.3) is 5.91 Å². The predicted octanol–water partition coefficient (Wildman–Crippen LogP) is 3.73. The SMILES string of the molecule is CCCCC(CC)CNC(=O)c1ccc(C)c(S(=O)(=O)N2CCCC2)c1. The van der Waals surface area contributed by atoms with Crippen molar-refractivity contribution >= 4 is 15.9 Å². The molecule has 0 bridgehead atoms. The summed E-state index contributed by atoms with van der Waals surface area (Å²) in [5.41, 5.74) is 1.10. The van der Waals surface area contributed by atoms with Crippen molar-refractivity contribution in [2.24, 2.45) is 5.92 Å². The van der Waals surface area contributed by atoms with Gasteiger partial charge in [0.15, 0.2) is 0 Å². The summed E-state index contributed by atoms with van der Waals surface area (Å²) in [5, 5.41) is 2.98. The van der Waals surface area contributed by atoms with E-state index in [0.29, 0.717) is 36.7 Å².